The fraction of sp³-hybridized carbons (Fsp3) is 0.350. The molecular formula is C20H27N5. The van der Waals surface area contributed by atoms with Gasteiger partial charge in [-0.2, -0.15) is 0 Å². The average Bonchev–Trinajstić information content (AvgIpc) is 3.05. The Morgan fingerprint density at radius 3 is 2.88 bits per heavy atom. The van der Waals surface area contributed by atoms with Gasteiger partial charge in [-0.1, -0.05) is 18.2 Å². The largest absolute Gasteiger partial charge is 0.306 e. The zero-order valence-corrected chi connectivity index (χ0v) is 15.0. The zero-order valence-electron chi connectivity index (χ0n) is 15.0. The Labute approximate surface area is 150 Å². The van der Waals surface area contributed by atoms with Crippen LogP contribution in [0.2, 0.25) is 0 Å². The van der Waals surface area contributed by atoms with Crippen molar-refractivity contribution in [1.82, 2.24) is 14.5 Å². The highest BCUT2D eigenvalue weighted by Crippen LogP contribution is 2.12. The SMILES string of the molecule is C=CCCCN(C)CCCN=C(/C=C\N=C)n1cnc2ccccc21. The normalized spacial score (nSPS) is 12.3. The van der Waals surface area contributed by atoms with Gasteiger partial charge in [-0.05, 0) is 64.3 Å². The third-order valence-corrected chi connectivity index (χ3v) is 3.95. The van der Waals surface area contributed by atoms with E-state index in [-0.39, 0.29) is 0 Å². The zero-order chi connectivity index (χ0) is 17.9. The molecule has 0 N–H and O–H groups in total. The molecule has 2 rings (SSSR count). The number of nitrogens with zero attached hydrogens (tertiary/aromatic N) is 5. The number of benzene rings is 1. The van der Waals surface area contributed by atoms with E-state index in [0.717, 1.165) is 55.8 Å². The molecule has 0 bridgehead atoms. The number of unbranched alkanes of at least 4 members (excludes halogenated alkanes) is 1. The molecule has 1 aromatic carbocycles. The molecule has 0 saturated carbocycles. The van der Waals surface area contributed by atoms with Crippen molar-refractivity contribution >= 4 is 23.6 Å². The summed E-state index contributed by atoms with van der Waals surface area (Å²) in [5, 5.41) is 0. The molecule has 25 heavy (non-hydrogen) atoms. The predicted octanol–water partition coefficient (Wildman–Crippen LogP) is 3.79. The highest BCUT2D eigenvalue weighted by molar-refractivity contribution is 6.00. The summed E-state index contributed by atoms with van der Waals surface area (Å²) in [5.74, 6) is 0.829. The second-order valence-corrected chi connectivity index (χ2v) is 5.93. The van der Waals surface area contributed by atoms with Crippen LogP contribution in [0.25, 0.3) is 11.0 Å². The number of aliphatic imine (C=N–C) groups is 2. The van der Waals surface area contributed by atoms with E-state index in [9.17, 15) is 0 Å². The van der Waals surface area contributed by atoms with Crippen LogP contribution in [-0.2, 0) is 0 Å². The topological polar surface area (TPSA) is 45.8 Å². The van der Waals surface area contributed by atoms with E-state index in [1.807, 2.05) is 41.0 Å². The van der Waals surface area contributed by atoms with Gasteiger partial charge in [-0.25, -0.2) is 4.98 Å². The van der Waals surface area contributed by atoms with Crippen LogP contribution in [0.3, 0.4) is 0 Å². The van der Waals surface area contributed by atoms with Gasteiger partial charge < -0.3 is 4.90 Å². The van der Waals surface area contributed by atoms with Crippen LogP contribution >= 0.6 is 0 Å². The van der Waals surface area contributed by atoms with Crippen LogP contribution < -0.4 is 0 Å². The van der Waals surface area contributed by atoms with Crippen molar-refractivity contribution in [3.05, 3.63) is 55.5 Å². The Kier molecular flexibility index (Phi) is 7.79. The smallest absolute Gasteiger partial charge is 0.134 e. The number of imidazole rings is 1. The third-order valence-electron chi connectivity index (χ3n) is 3.95. The van der Waals surface area contributed by atoms with Crippen molar-refractivity contribution in [1.29, 1.82) is 0 Å². The summed E-state index contributed by atoms with van der Waals surface area (Å²) in [6.45, 7) is 10.1. The minimum atomic E-state index is 0.759. The summed E-state index contributed by atoms with van der Waals surface area (Å²) in [7, 11) is 2.15. The first-order chi connectivity index (χ1) is 12.3. The fourth-order valence-electron chi connectivity index (χ4n) is 2.62. The van der Waals surface area contributed by atoms with Crippen molar-refractivity contribution in [3.63, 3.8) is 0 Å². The van der Waals surface area contributed by atoms with Crippen LogP contribution in [0.5, 0.6) is 0 Å². The summed E-state index contributed by atoms with van der Waals surface area (Å²) in [6, 6.07) is 8.03. The Morgan fingerprint density at radius 2 is 2.08 bits per heavy atom. The first kappa shape index (κ1) is 18.8. The summed E-state index contributed by atoms with van der Waals surface area (Å²) >= 11 is 0. The molecule has 0 fully saturated rings. The van der Waals surface area contributed by atoms with Gasteiger partial charge in [0.25, 0.3) is 0 Å². The molecule has 0 aliphatic rings. The number of para-hydroxylation sites is 2. The summed E-state index contributed by atoms with van der Waals surface area (Å²) in [6.07, 6.45) is 10.5. The molecule has 0 radical (unpaired) electrons. The van der Waals surface area contributed by atoms with Gasteiger partial charge in [0.2, 0.25) is 0 Å². The number of hydrogen-bond acceptors (Lipinski definition) is 4. The van der Waals surface area contributed by atoms with E-state index >= 15 is 0 Å². The Bertz CT molecular complexity index is 741. The van der Waals surface area contributed by atoms with Gasteiger partial charge in [0.05, 0.1) is 11.0 Å². The second kappa shape index (κ2) is 10.4. The molecule has 1 heterocycles. The monoisotopic (exact) mass is 337 g/mol. The molecule has 0 atom stereocenters. The van der Waals surface area contributed by atoms with Crippen LogP contribution in [0.4, 0.5) is 0 Å². The maximum absolute atomic E-state index is 4.74. The molecule has 2 aromatic rings. The van der Waals surface area contributed by atoms with Crippen LogP contribution in [0.15, 0.2) is 65.5 Å². The molecule has 132 valence electrons. The van der Waals surface area contributed by atoms with Crippen LogP contribution in [-0.4, -0.2) is 53.7 Å². The summed E-state index contributed by atoms with van der Waals surface area (Å²) in [4.78, 5) is 15.3. The lowest BCUT2D eigenvalue weighted by molar-refractivity contribution is 0.328. The first-order valence-corrected chi connectivity index (χ1v) is 8.65. The van der Waals surface area contributed by atoms with Crippen molar-refractivity contribution in [2.24, 2.45) is 9.98 Å². The number of rotatable bonds is 10. The molecule has 0 aliphatic heterocycles. The molecule has 0 unspecified atom stereocenters. The van der Waals surface area contributed by atoms with E-state index in [4.69, 9.17) is 4.99 Å². The van der Waals surface area contributed by atoms with E-state index in [1.54, 1.807) is 12.5 Å². The van der Waals surface area contributed by atoms with Gasteiger partial charge in [0, 0.05) is 12.7 Å². The van der Waals surface area contributed by atoms with E-state index in [2.05, 4.69) is 35.2 Å². The van der Waals surface area contributed by atoms with E-state index in [0.29, 0.717) is 0 Å². The van der Waals surface area contributed by atoms with Gasteiger partial charge >= 0.3 is 0 Å². The van der Waals surface area contributed by atoms with Crippen molar-refractivity contribution in [3.8, 4) is 0 Å². The molecular weight excluding hydrogens is 310 g/mol. The van der Waals surface area contributed by atoms with Crippen LogP contribution in [0.1, 0.15) is 19.3 Å². The van der Waals surface area contributed by atoms with Gasteiger partial charge in [0.1, 0.15) is 12.2 Å². The van der Waals surface area contributed by atoms with E-state index < -0.39 is 0 Å². The third kappa shape index (κ3) is 5.80. The lowest BCUT2D eigenvalue weighted by Gasteiger charge is -2.15. The van der Waals surface area contributed by atoms with Gasteiger partial charge in [0.15, 0.2) is 0 Å². The summed E-state index contributed by atoms with van der Waals surface area (Å²) in [5.41, 5.74) is 1.99. The maximum atomic E-state index is 4.74. The fourth-order valence-corrected chi connectivity index (χ4v) is 2.62. The molecule has 5 heteroatoms. The minimum absolute atomic E-state index is 0.759. The molecule has 1 aromatic heterocycles. The molecule has 0 aliphatic carbocycles. The second-order valence-electron chi connectivity index (χ2n) is 5.93. The molecule has 0 amide bonds. The predicted molar refractivity (Wildman–Crippen MR) is 108 cm³/mol. The van der Waals surface area contributed by atoms with E-state index in [1.165, 1.54) is 0 Å². The lowest BCUT2D eigenvalue weighted by Crippen LogP contribution is -2.21. The number of fused-ring (bicyclic) bond motifs is 1. The number of allylic oxidation sites excluding steroid dienone is 2. The average molecular weight is 337 g/mol. The van der Waals surface area contributed by atoms with Crippen LogP contribution in [0, 0.1) is 0 Å². The highest BCUT2D eigenvalue weighted by Gasteiger charge is 2.05. The maximum Gasteiger partial charge on any atom is 0.134 e. The Hall–Kier alpha value is -2.53. The number of hydrogen-bond donors (Lipinski definition) is 0. The summed E-state index contributed by atoms with van der Waals surface area (Å²) < 4.78 is 1.99. The Balaban J connectivity index is 2.00. The quantitative estimate of drug-likeness (QED) is 0.287. The highest BCUT2D eigenvalue weighted by atomic mass is 15.1. The van der Waals surface area contributed by atoms with Crippen molar-refractivity contribution < 1.29 is 0 Å². The first-order valence-electron chi connectivity index (χ1n) is 8.65. The van der Waals surface area contributed by atoms with Crippen molar-refractivity contribution in [2.75, 3.05) is 26.7 Å². The lowest BCUT2D eigenvalue weighted by atomic mass is 10.3. The van der Waals surface area contributed by atoms with Crippen molar-refractivity contribution in [2.45, 2.75) is 19.3 Å². The number of aromatic nitrogens is 2. The minimum Gasteiger partial charge on any atom is -0.306 e. The molecule has 0 spiro atoms. The standard InChI is InChI=1S/C20H27N5/c1-4-5-8-15-24(3)16-9-13-22-20(12-14-21-2)25-17-23-18-10-6-7-11-19(18)25/h4,6-7,10-12,14,17H,1-2,5,8-9,13,15-16H2,3H3/b14-12-,22-20?. The Morgan fingerprint density at radius 1 is 1.28 bits per heavy atom. The molecule has 5 nitrogen and oxygen atoms in total. The van der Waals surface area contributed by atoms with Gasteiger partial charge in [-0.3, -0.25) is 14.6 Å². The molecule has 0 saturated heterocycles. The van der Waals surface area contributed by atoms with Gasteiger partial charge in [-0.15, -0.1) is 6.58 Å².